The first-order valence-corrected chi connectivity index (χ1v) is 7.16. The summed E-state index contributed by atoms with van der Waals surface area (Å²) in [7, 11) is -0.568. The van der Waals surface area contributed by atoms with E-state index in [-0.39, 0.29) is 23.8 Å². The van der Waals surface area contributed by atoms with E-state index in [1.54, 1.807) is 0 Å². The number of hydrogen-bond acceptors (Lipinski definition) is 6. The Hall–Kier alpha value is -1.22. The molecule has 0 radical (unpaired) electrons. The van der Waals surface area contributed by atoms with E-state index in [2.05, 4.69) is 4.98 Å². The summed E-state index contributed by atoms with van der Waals surface area (Å²) < 4.78 is 35.9. The van der Waals surface area contributed by atoms with Crippen molar-refractivity contribution in [3.63, 3.8) is 0 Å². The molecule has 0 bridgehead atoms. The Kier molecular flexibility index (Phi) is 6.16. The topological polar surface area (TPSA) is 94.8 Å². The molecule has 0 aliphatic rings. The zero-order valence-corrected chi connectivity index (χ0v) is 11.9. The van der Waals surface area contributed by atoms with Crippen molar-refractivity contribution in [2.24, 2.45) is 0 Å². The number of anilines is 1. The largest absolute Gasteiger partial charge is 0.384 e. The SMILES string of the molecule is COCCN(CCOC)S(=O)(=O)c1ccc(N)nc1. The first-order valence-electron chi connectivity index (χ1n) is 5.72. The fraction of sp³-hybridized carbons (Fsp3) is 0.545. The highest BCUT2D eigenvalue weighted by Crippen LogP contribution is 2.15. The van der Waals surface area contributed by atoms with Crippen molar-refractivity contribution in [1.29, 1.82) is 0 Å². The second-order valence-corrected chi connectivity index (χ2v) is 5.75. The fourth-order valence-electron chi connectivity index (χ4n) is 1.43. The number of pyridine rings is 1. The van der Waals surface area contributed by atoms with Gasteiger partial charge in [-0.2, -0.15) is 4.31 Å². The summed E-state index contributed by atoms with van der Waals surface area (Å²) in [5, 5.41) is 0. The van der Waals surface area contributed by atoms with Crippen LogP contribution in [0.5, 0.6) is 0 Å². The highest BCUT2D eigenvalue weighted by atomic mass is 32.2. The monoisotopic (exact) mass is 289 g/mol. The molecule has 0 saturated heterocycles. The maximum Gasteiger partial charge on any atom is 0.244 e. The summed E-state index contributed by atoms with van der Waals surface area (Å²) in [5.41, 5.74) is 5.45. The molecule has 0 aliphatic heterocycles. The Balaban J connectivity index is 2.93. The minimum Gasteiger partial charge on any atom is -0.384 e. The van der Waals surface area contributed by atoms with Gasteiger partial charge >= 0.3 is 0 Å². The van der Waals surface area contributed by atoms with E-state index in [1.165, 1.54) is 36.9 Å². The fourth-order valence-corrected chi connectivity index (χ4v) is 2.79. The third-order valence-corrected chi connectivity index (χ3v) is 4.37. The van der Waals surface area contributed by atoms with Crippen LogP contribution in [-0.4, -0.2) is 58.2 Å². The number of nitrogen functional groups attached to an aromatic ring is 1. The number of rotatable bonds is 8. The summed E-state index contributed by atoms with van der Waals surface area (Å²) in [6, 6.07) is 2.89. The Morgan fingerprint density at radius 1 is 1.21 bits per heavy atom. The quantitative estimate of drug-likeness (QED) is 0.721. The van der Waals surface area contributed by atoms with Crippen molar-refractivity contribution < 1.29 is 17.9 Å². The van der Waals surface area contributed by atoms with Gasteiger partial charge in [0.2, 0.25) is 10.0 Å². The molecule has 0 saturated carbocycles. The van der Waals surface area contributed by atoms with Gasteiger partial charge in [-0.25, -0.2) is 13.4 Å². The molecule has 0 fully saturated rings. The van der Waals surface area contributed by atoms with Crippen molar-refractivity contribution in [2.45, 2.75) is 4.90 Å². The molecule has 108 valence electrons. The number of ether oxygens (including phenoxy) is 2. The van der Waals surface area contributed by atoms with Crippen LogP contribution in [0.25, 0.3) is 0 Å². The maximum absolute atomic E-state index is 12.4. The lowest BCUT2D eigenvalue weighted by Crippen LogP contribution is -2.36. The summed E-state index contributed by atoms with van der Waals surface area (Å²) >= 11 is 0. The first kappa shape index (κ1) is 15.8. The molecule has 0 aliphatic carbocycles. The van der Waals surface area contributed by atoms with Gasteiger partial charge in [-0.05, 0) is 12.1 Å². The van der Waals surface area contributed by atoms with Gasteiger partial charge in [-0.3, -0.25) is 0 Å². The summed E-state index contributed by atoms with van der Waals surface area (Å²) in [6.07, 6.45) is 1.25. The van der Waals surface area contributed by atoms with Gasteiger partial charge in [-0.15, -0.1) is 0 Å². The second kappa shape index (κ2) is 7.39. The molecule has 0 atom stereocenters. The van der Waals surface area contributed by atoms with E-state index in [9.17, 15) is 8.42 Å². The molecule has 0 spiro atoms. The number of methoxy groups -OCH3 is 2. The van der Waals surface area contributed by atoms with Crippen molar-refractivity contribution in [3.05, 3.63) is 18.3 Å². The number of hydrogen-bond donors (Lipinski definition) is 1. The molecule has 1 rings (SSSR count). The third kappa shape index (κ3) is 4.43. The van der Waals surface area contributed by atoms with Crippen molar-refractivity contribution in [1.82, 2.24) is 9.29 Å². The predicted molar refractivity (Wildman–Crippen MR) is 71.2 cm³/mol. The lowest BCUT2D eigenvalue weighted by molar-refractivity contribution is 0.150. The molecule has 1 heterocycles. The normalized spacial score (nSPS) is 11.9. The van der Waals surface area contributed by atoms with Gasteiger partial charge in [0, 0.05) is 33.5 Å². The molecule has 0 unspecified atom stereocenters. The smallest absolute Gasteiger partial charge is 0.244 e. The second-order valence-electron chi connectivity index (χ2n) is 3.81. The van der Waals surface area contributed by atoms with Gasteiger partial charge in [0.05, 0.1) is 13.2 Å². The molecule has 1 aromatic heterocycles. The van der Waals surface area contributed by atoms with Crippen LogP contribution in [0.3, 0.4) is 0 Å². The number of sulfonamides is 1. The minimum atomic E-state index is -3.61. The standard InChI is InChI=1S/C11H19N3O4S/c1-17-7-5-14(6-8-18-2)19(15,16)10-3-4-11(12)13-9-10/h3-4,9H,5-8H2,1-2H3,(H2,12,13). The summed E-state index contributed by atoms with van der Waals surface area (Å²) in [4.78, 5) is 3.90. The molecular weight excluding hydrogens is 270 g/mol. The minimum absolute atomic E-state index is 0.105. The van der Waals surface area contributed by atoms with Gasteiger partial charge < -0.3 is 15.2 Å². The van der Waals surface area contributed by atoms with Crippen LogP contribution in [0.2, 0.25) is 0 Å². The summed E-state index contributed by atoms with van der Waals surface area (Å²) in [6.45, 7) is 1.13. The van der Waals surface area contributed by atoms with E-state index in [4.69, 9.17) is 15.2 Å². The Morgan fingerprint density at radius 2 is 1.79 bits per heavy atom. The highest BCUT2D eigenvalue weighted by molar-refractivity contribution is 7.89. The van der Waals surface area contributed by atoms with Gasteiger partial charge in [0.25, 0.3) is 0 Å². The average Bonchev–Trinajstić information content (AvgIpc) is 2.39. The van der Waals surface area contributed by atoms with Crippen LogP contribution < -0.4 is 5.73 Å². The summed E-state index contributed by atoms with van der Waals surface area (Å²) in [5.74, 6) is 0.277. The molecule has 8 heteroatoms. The highest BCUT2D eigenvalue weighted by Gasteiger charge is 2.24. The van der Waals surface area contributed by atoms with E-state index in [0.717, 1.165) is 0 Å². The van der Waals surface area contributed by atoms with Crippen molar-refractivity contribution in [3.8, 4) is 0 Å². The lowest BCUT2D eigenvalue weighted by atomic mass is 10.5. The van der Waals surface area contributed by atoms with Crippen LogP contribution in [0.4, 0.5) is 5.82 Å². The molecule has 0 aromatic carbocycles. The zero-order valence-electron chi connectivity index (χ0n) is 11.1. The van der Waals surface area contributed by atoms with E-state index in [1.807, 2.05) is 0 Å². The maximum atomic E-state index is 12.4. The molecule has 19 heavy (non-hydrogen) atoms. The van der Waals surface area contributed by atoms with Gasteiger partial charge in [0.1, 0.15) is 10.7 Å². The Morgan fingerprint density at radius 3 is 2.21 bits per heavy atom. The predicted octanol–water partition coefficient (Wildman–Crippen LogP) is -0.0527. The Labute approximate surface area is 113 Å². The third-order valence-electron chi connectivity index (χ3n) is 2.49. The van der Waals surface area contributed by atoms with Crippen LogP contribution in [0, 0.1) is 0 Å². The lowest BCUT2D eigenvalue weighted by Gasteiger charge is -2.21. The number of aromatic nitrogens is 1. The number of nitrogens with two attached hydrogens (primary N) is 1. The van der Waals surface area contributed by atoms with Crippen LogP contribution in [0.1, 0.15) is 0 Å². The van der Waals surface area contributed by atoms with Crippen molar-refractivity contribution >= 4 is 15.8 Å². The van der Waals surface area contributed by atoms with Crippen LogP contribution in [0.15, 0.2) is 23.2 Å². The van der Waals surface area contributed by atoms with Gasteiger partial charge in [0.15, 0.2) is 0 Å². The van der Waals surface area contributed by atoms with E-state index < -0.39 is 10.0 Å². The van der Waals surface area contributed by atoms with E-state index >= 15 is 0 Å². The average molecular weight is 289 g/mol. The number of nitrogens with zero attached hydrogens (tertiary/aromatic N) is 2. The molecule has 2 N–H and O–H groups in total. The molecule has 7 nitrogen and oxygen atoms in total. The molecule has 0 amide bonds. The van der Waals surface area contributed by atoms with E-state index in [0.29, 0.717) is 13.2 Å². The molecule has 1 aromatic rings. The first-order chi connectivity index (χ1) is 9.02. The Bertz CT molecular complexity index is 467. The zero-order chi connectivity index (χ0) is 14.3. The van der Waals surface area contributed by atoms with Crippen LogP contribution in [-0.2, 0) is 19.5 Å². The van der Waals surface area contributed by atoms with Crippen molar-refractivity contribution in [2.75, 3.05) is 46.3 Å². The van der Waals surface area contributed by atoms with Gasteiger partial charge in [-0.1, -0.05) is 0 Å². The van der Waals surface area contributed by atoms with Crippen LogP contribution >= 0.6 is 0 Å². The molecular formula is C11H19N3O4S.